The highest BCUT2D eigenvalue weighted by Gasteiger charge is 2.27. The van der Waals surface area contributed by atoms with Crippen LogP contribution in [-0.4, -0.2) is 53.1 Å². The number of anilines is 1. The monoisotopic (exact) mass is 384 g/mol. The number of carbonyl (C=O) groups is 2. The largest absolute Gasteiger partial charge is 0.484 e. The van der Waals surface area contributed by atoms with Crippen LogP contribution >= 0.6 is 0 Å². The number of aromatic nitrogens is 2. The lowest BCUT2D eigenvalue weighted by Crippen LogP contribution is -2.40. The topological polar surface area (TPSA) is 88.8 Å². The van der Waals surface area contributed by atoms with Gasteiger partial charge in [-0.05, 0) is 50.5 Å². The predicted octanol–water partition coefficient (Wildman–Crippen LogP) is 2.29. The molecule has 3 heterocycles. The van der Waals surface area contributed by atoms with Gasteiger partial charge in [0.1, 0.15) is 5.75 Å². The summed E-state index contributed by atoms with van der Waals surface area (Å²) in [6.45, 7) is 3.89. The van der Waals surface area contributed by atoms with Crippen molar-refractivity contribution in [2.75, 3.05) is 31.1 Å². The second-order valence-corrected chi connectivity index (χ2v) is 7.27. The number of hydrogen-bond donors (Lipinski definition) is 0. The Morgan fingerprint density at radius 2 is 1.96 bits per heavy atom. The van der Waals surface area contributed by atoms with E-state index in [4.69, 9.17) is 9.26 Å². The van der Waals surface area contributed by atoms with Crippen molar-refractivity contribution in [2.45, 2.75) is 38.5 Å². The summed E-state index contributed by atoms with van der Waals surface area (Å²) in [5.74, 6) is 2.27. The molecule has 2 amide bonds. The first-order valence-corrected chi connectivity index (χ1v) is 9.71. The third kappa shape index (κ3) is 4.00. The van der Waals surface area contributed by atoms with E-state index in [2.05, 4.69) is 10.1 Å². The lowest BCUT2D eigenvalue weighted by Gasteiger charge is -2.30. The van der Waals surface area contributed by atoms with E-state index >= 15 is 0 Å². The lowest BCUT2D eigenvalue weighted by atomic mass is 9.97. The molecule has 0 N–H and O–H groups in total. The van der Waals surface area contributed by atoms with Crippen LogP contribution in [0, 0.1) is 6.92 Å². The van der Waals surface area contributed by atoms with Gasteiger partial charge < -0.3 is 19.1 Å². The fourth-order valence-corrected chi connectivity index (χ4v) is 3.73. The second kappa shape index (κ2) is 8.00. The van der Waals surface area contributed by atoms with Gasteiger partial charge in [-0.15, -0.1) is 0 Å². The SMILES string of the molecule is Cc1noc(C2CCN(C(=O)COc3ccc(N4CCCC4=O)cc3)CC2)n1. The second-order valence-electron chi connectivity index (χ2n) is 7.27. The molecule has 0 aliphatic carbocycles. The summed E-state index contributed by atoms with van der Waals surface area (Å²) in [7, 11) is 0. The highest BCUT2D eigenvalue weighted by molar-refractivity contribution is 5.95. The van der Waals surface area contributed by atoms with Crippen LogP contribution in [0.15, 0.2) is 28.8 Å². The van der Waals surface area contributed by atoms with Gasteiger partial charge in [0.2, 0.25) is 11.8 Å². The minimum absolute atomic E-state index is 0.00627. The number of ether oxygens (including phenoxy) is 1. The molecule has 2 aliphatic heterocycles. The summed E-state index contributed by atoms with van der Waals surface area (Å²) < 4.78 is 10.9. The molecule has 2 aromatic rings. The number of rotatable bonds is 5. The molecule has 28 heavy (non-hydrogen) atoms. The van der Waals surface area contributed by atoms with Crippen molar-refractivity contribution in [1.82, 2.24) is 15.0 Å². The fourth-order valence-electron chi connectivity index (χ4n) is 3.73. The van der Waals surface area contributed by atoms with E-state index in [0.717, 1.165) is 31.5 Å². The normalized spacial score (nSPS) is 18.0. The zero-order valence-corrected chi connectivity index (χ0v) is 16.0. The first kappa shape index (κ1) is 18.5. The van der Waals surface area contributed by atoms with Gasteiger partial charge in [0, 0.05) is 37.7 Å². The molecule has 0 saturated carbocycles. The molecule has 8 heteroatoms. The van der Waals surface area contributed by atoms with Gasteiger partial charge in [-0.25, -0.2) is 0 Å². The average Bonchev–Trinajstić information content (AvgIpc) is 3.35. The molecular weight excluding hydrogens is 360 g/mol. The van der Waals surface area contributed by atoms with E-state index in [0.29, 0.717) is 37.0 Å². The summed E-state index contributed by atoms with van der Waals surface area (Å²) in [5.41, 5.74) is 0.875. The van der Waals surface area contributed by atoms with E-state index in [1.807, 2.05) is 17.0 Å². The standard InChI is InChI=1S/C20H24N4O4/c1-14-21-20(28-22-14)15-8-11-23(12-9-15)19(26)13-27-17-6-4-16(5-7-17)24-10-2-3-18(24)25/h4-7,15H,2-3,8-13H2,1H3. The molecule has 1 aromatic heterocycles. The van der Waals surface area contributed by atoms with Crippen molar-refractivity contribution in [3.8, 4) is 5.75 Å². The van der Waals surface area contributed by atoms with E-state index < -0.39 is 0 Å². The van der Waals surface area contributed by atoms with Crippen LogP contribution in [0.25, 0.3) is 0 Å². The third-order valence-corrected chi connectivity index (χ3v) is 5.32. The van der Waals surface area contributed by atoms with Crippen molar-refractivity contribution in [2.24, 2.45) is 0 Å². The first-order valence-electron chi connectivity index (χ1n) is 9.71. The average molecular weight is 384 g/mol. The summed E-state index contributed by atoms with van der Waals surface area (Å²) in [4.78, 5) is 32.1. The minimum Gasteiger partial charge on any atom is -0.484 e. The minimum atomic E-state index is -0.0287. The van der Waals surface area contributed by atoms with Crippen LogP contribution in [0.3, 0.4) is 0 Å². The number of likely N-dealkylation sites (tertiary alicyclic amines) is 1. The molecule has 0 atom stereocenters. The Hall–Kier alpha value is -2.90. The van der Waals surface area contributed by atoms with E-state index in [9.17, 15) is 9.59 Å². The van der Waals surface area contributed by atoms with Gasteiger partial charge in [-0.1, -0.05) is 5.16 Å². The van der Waals surface area contributed by atoms with Gasteiger partial charge in [0.15, 0.2) is 12.4 Å². The Morgan fingerprint density at radius 3 is 2.57 bits per heavy atom. The van der Waals surface area contributed by atoms with Gasteiger partial charge in [-0.3, -0.25) is 9.59 Å². The van der Waals surface area contributed by atoms with Crippen molar-refractivity contribution in [3.63, 3.8) is 0 Å². The van der Waals surface area contributed by atoms with Gasteiger partial charge in [0.05, 0.1) is 0 Å². The fraction of sp³-hybridized carbons (Fsp3) is 0.500. The van der Waals surface area contributed by atoms with Crippen LogP contribution in [0.5, 0.6) is 5.75 Å². The summed E-state index contributed by atoms with van der Waals surface area (Å²) in [6.07, 6.45) is 3.13. The van der Waals surface area contributed by atoms with E-state index in [1.165, 1.54) is 0 Å². The molecule has 2 fully saturated rings. The zero-order chi connectivity index (χ0) is 19.5. The summed E-state index contributed by atoms with van der Waals surface area (Å²) in [5, 5.41) is 3.84. The number of piperidine rings is 1. The van der Waals surface area contributed by atoms with Gasteiger partial charge in [-0.2, -0.15) is 4.98 Å². The molecule has 4 rings (SSSR count). The Labute approximate surface area is 163 Å². The summed E-state index contributed by atoms with van der Waals surface area (Å²) in [6, 6.07) is 7.33. The Bertz CT molecular complexity index is 840. The molecule has 0 unspecified atom stereocenters. The third-order valence-electron chi connectivity index (χ3n) is 5.32. The predicted molar refractivity (Wildman–Crippen MR) is 101 cm³/mol. The number of nitrogens with zero attached hydrogens (tertiary/aromatic N) is 4. The lowest BCUT2D eigenvalue weighted by molar-refractivity contribution is -0.134. The molecule has 0 spiro atoms. The number of carbonyl (C=O) groups excluding carboxylic acids is 2. The maximum atomic E-state index is 12.4. The van der Waals surface area contributed by atoms with Crippen molar-refractivity contribution < 1.29 is 18.8 Å². The highest BCUT2D eigenvalue weighted by atomic mass is 16.5. The van der Waals surface area contributed by atoms with Crippen LogP contribution in [0.2, 0.25) is 0 Å². The molecular formula is C20H24N4O4. The highest BCUT2D eigenvalue weighted by Crippen LogP contribution is 2.27. The number of benzene rings is 1. The quantitative estimate of drug-likeness (QED) is 0.786. The van der Waals surface area contributed by atoms with Crippen molar-refractivity contribution in [1.29, 1.82) is 0 Å². The maximum Gasteiger partial charge on any atom is 0.260 e. The van der Waals surface area contributed by atoms with Crippen molar-refractivity contribution >= 4 is 17.5 Å². The molecule has 2 saturated heterocycles. The number of amides is 2. The maximum absolute atomic E-state index is 12.4. The first-order chi connectivity index (χ1) is 13.6. The molecule has 0 bridgehead atoms. The van der Waals surface area contributed by atoms with Crippen LogP contribution in [0.4, 0.5) is 5.69 Å². The van der Waals surface area contributed by atoms with Crippen LogP contribution in [-0.2, 0) is 9.59 Å². The number of hydrogen-bond acceptors (Lipinski definition) is 6. The molecule has 2 aliphatic rings. The van der Waals surface area contributed by atoms with E-state index in [1.54, 1.807) is 24.0 Å². The molecule has 148 valence electrons. The summed E-state index contributed by atoms with van der Waals surface area (Å²) >= 11 is 0. The molecule has 1 aromatic carbocycles. The Balaban J connectivity index is 1.25. The zero-order valence-electron chi connectivity index (χ0n) is 16.0. The molecule has 0 radical (unpaired) electrons. The van der Waals surface area contributed by atoms with E-state index in [-0.39, 0.29) is 24.3 Å². The van der Waals surface area contributed by atoms with Gasteiger partial charge in [0.25, 0.3) is 5.91 Å². The van der Waals surface area contributed by atoms with Crippen LogP contribution in [0.1, 0.15) is 43.3 Å². The Morgan fingerprint density at radius 1 is 1.21 bits per heavy atom. The van der Waals surface area contributed by atoms with Crippen LogP contribution < -0.4 is 9.64 Å². The van der Waals surface area contributed by atoms with Gasteiger partial charge >= 0.3 is 0 Å². The number of aryl methyl sites for hydroxylation is 1. The molecule has 8 nitrogen and oxygen atoms in total. The smallest absolute Gasteiger partial charge is 0.260 e. The van der Waals surface area contributed by atoms with Crippen molar-refractivity contribution in [3.05, 3.63) is 36.0 Å². The Kier molecular flexibility index (Phi) is 5.27.